The van der Waals surface area contributed by atoms with Gasteiger partial charge in [-0.05, 0) is 31.5 Å². The zero-order valence-corrected chi connectivity index (χ0v) is 14.8. The Morgan fingerprint density at radius 3 is 2.62 bits per heavy atom. The third-order valence-corrected chi connectivity index (χ3v) is 5.10. The van der Waals surface area contributed by atoms with E-state index in [-0.39, 0.29) is 24.3 Å². The second-order valence-corrected chi connectivity index (χ2v) is 6.76. The van der Waals surface area contributed by atoms with E-state index >= 15 is 0 Å². The van der Waals surface area contributed by atoms with Gasteiger partial charge >= 0.3 is 0 Å². The molecule has 1 aliphatic heterocycles. The molecule has 5 nitrogen and oxygen atoms in total. The summed E-state index contributed by atoms with van der Waals surface area (Å²) >= 11 is 0. The van der Waals surface area contributed by atoms with E-state index in [1.54, 1.807) is 24.1 Å². The first-order valence-electron chi connectivity index (χ1n) is 8.68. The number of nitrogens with zero attached hydrogens (tertiary/aromatic N) is 2. The quantitative estimate of drug-likeness (QED) is 0.737. The Morgan fingerprint density at radius 2 is 1.96 bits per heavy atom. The fourth-order valence-corrected chi connectivity index (χ4v) is 3.67. The van der Waals surface area contributed by atoms with Crippen molar-refractivity contribution < 1.29 is 14.7 Å². The van der Waals surface area contributed by atoms with E-state index in [9.17, 15) is 14.7 Å². The summed E-state index contributed by atoms with van der Waals surface area (Å²) in [5, 5.41) is 9.49. The summed E-state index contributed by atoms with van der Waals surface area (Å²) in [4.78, 5) is 26.5. The normalized spacial score (nSPS) is 14.7. The predicted octanol–water partition coefficient (Wildman–Crippen LogP) is 3.15. The fourth-order valence-electron chi connectivity index (χ4n) is 3.67. The molecule has 5 heteroatoms. The minimum Gasteiger partial charge on any atom is -0.394 e. The van der Waals surface area contributed by atoms with Crippen molar-refractivity contribution in [2.75, 3.05) is 6.61 Å². The number of benzene rings is 1. The van der Waals surface area contributed by atoms with Gasteiger partial charge in [-0.3, -0.25) is 9.59 Å². The Labute approximate surface area is 151 Å². The highest BCUT2D eigenvalue weighted by molar-refractivity contribution is 6.05. The Kier molecular flexibility index (Phi) is 3.89. The first-order valence-corrected chi connectivity index (χ1v) is 8.68. The molecule has 132 valence electrons. The first-order chi connectivity index (χ1) is 12.5. The lowest BCUT2D eigenvalue weighted by Crippen LogP contribution is -2.36. The predicted molar refractivity (Wildman–Crippen MR) is 99.3 cm³/mol. The summed E-state index contributed by atoms with van der Waals surface area (Å²) in [5.74, 6) is -0.0935. The van der Waals surface area contributed by atoms with Crippen LogP contribution in [0, 0.1) is 0 Å². The summed E-state index contributed by atoms with van der Waals surface area (Å²) in [5.41, 5.74) is 5.04. The zero-order valence-electron chi connectivity index (χ0n) is 14.8. The highest BCUT2D eigenvalue weighted by atomic mass is 16.3. The molecule has 3 heterocycles. The molecule has 0 aliphatic carbocycles. The van der Waals surface area contributed by atoms with Gasteiger partial charge in [-0.15, -0.1) is 0 Å². The van der Waals surface area contributed by atoms with E-state index < -0.39 is 0 Å². The molecule has 1 aliphatic rings. The molecule has 1 atom stereocenters. The Balaban J connectivity index is 2.01. The Hall–Kier alpha value is -2.92. The summed E-state index contributed by atoms with van der Waals surface area (Å²) in [6.45, 7) is 3.76. The van der Waals surface area contributed by atoms with Gasteiger partial charge in [0.2, 0.25) is 0 Å². The third kappa shape index (κ3) is 2.35. The minimum absolute atomic E-state index is 0.00488. The summed E-state index contributed by atoms with van der Waals surface area (Å²) in [6.07, 6.45) is 1.79. The van der Waals surface area contributed by atoms with Crippen LogP contribution in [-0.4, -0.2) is 38.7 Å². The number of aliphatic hydroxyl groups excluding tert-OH is 1. The van der Waals surface area contributed by atoms with Crippen LogP contribution in [0.25, 0.3) is 16.6 Å². The van der Waals surface area contributed by atoms with Crippen molar-refractivity contribution in [1.82, 2.24) is 9.30 Å². The van der Waals surface area contributed by atoms with Gasteiger partial charge in [0.15, 0.2) is 5.78 Å². The van der Waals surface area contributed by atoms with Crippen molar-refractivity contribution >= 4 is 17.2 Å². The summed E-state index contributed by atoms with van der Waals surface area (Å²) < 4.78 is 1.87. The van der Waals surface area contributed by atoms with Gasteiger partial charge in [-0.2, -0.15) is 0 Å². The van der Waals surface area contributed by atoms with Gasteiger partial charge in [0.05, 0.1) is 18.2 Å². The van der Waals surface area contributed by atoms with Gasteiger partial charge in [0.1, 0.15) is 5.69 Å². The fraction of sp³-hybridized carbons (Fsp3) is 0.238. The number of hydrogen-bond donors (Lipinski definition) is 1. The van der Waals surface area contributed by atoms with Gasteiger partial charge in [0, 0.05) is 29.4 Å². The van der Waals surface area contributed by atoms with Crippen LogP contribution in [0.2, 0.25) is 0 Å². The van der Waals surface area contributed by atoms with Crippen LogP contribution in [0.15, 0.2) is 48.7 Å². The maximum Gasteiger partial charge on any atom is 0.271 e. The lowest BCUT2D eigenvalue weighted by molar-refractivity contribution is 0.0638. The van der Waals surface area contributed by atoms with Crippen molar-refractivity contribution in [2.24, 2.45) is 0 Å². The molecule has 0 saturated heterocycles. The molecule has 0 spiro atoms. The number of pyridine rings is 1. The molecule has 0 bridgehead atoms. The van der Waals surface area contributed by atoms with Crippen LogP contribution in [0.5, 0.6) is 0 Å². The number of fused-ring (bicyclic) bond motifs is 3. The van der Waals surface area contributed by atoms with Gasteiger partial charge in [-0.25, -0.2) is 0 Å². The smallest absolute Gasteiger partial charge is 0.271 e. The largest absolute Gasteiger partial charge is 0.394 e. The second kappa shape index (κ2) is 6.11. The average Bonchev–Trinajstić information content (AvgIpc) is 3.15. The topological polar surface area (TPSA) is 62.0 Å². The van der Waals surface area contributed by atoms with Gasteiger partial charge in [-0.1, -0.05) is 30.3 Å². The summed E-state index contributed by atoms with van der Waals surface area (Å²) in [7, 11) is 0. The van der Waals surface area contributed by atoms with Crippen molar-refractivity contribution in [3.8, 4) is 11.1 Å². The molecule has 2 aromatic heterocycles. The first kappa shape index (κ1) is 16.5. The highest BCUT2D eigenvalue weighted by Crippen LogP contribution is 2.39. The molecule has 3 aromatic rings. The van der Waals surface area contributed by atoms with Crippen LogP contribution in [0.3, 0.4) is 0 Å². The SMILES string of the molecule is CC(=O)c1ccn2c3c(c(-c4ccccc4)c2c1)CN(C(C)CO)C3=O. The van der Waals surface area contributed by atoms with Gasteiger partial charge < -0.3 is 14.4 Å². The Bertz CT molecular complexity index is 1020. The lowest BCUT2D eigenvalue weighted by atomic mass is 10.0. The molecule has 1 aromatic carbocycles. The molecule has 4 rings (SSSR count). The number of rotatable bonds is 4. The van der Waals surface area contributed by atoms with Crippen molar-refractivity contribution in [1.29, 1.82) is 0 Å². The van der Waals surface area contributed by atoms with E-state index in [1.807, 2.05) is 47.7 Å². The minimum atomic E-state index is -0.245. The Morgan fingerprint density at radius 1 is 1.23 bits per heavy atom. The number of ketones is 1. The molecular weight excluding hydrogens is 328 g/mol. The van der Waals surface area contributed by atoms with Crippen molar-refractivity contribution in [3.05, 3.63) is 65.5 Å². The van der Waals surface area contributed by atoms with E-state index in [0.717, 1.165) is 22.2 Å². The number of aliphatic hydroxyl groups is 1. The maximum absolute atomic E-state index is 13.0. The van der Waals surface area contributed by atoms with E-state index in [0.29, 0.717) is 17.8 Å². The van der Waals surface area contributed by atoms with Crippen molar-refractivity contribution in [3.63, 3.8) is 0 Å². The third-order valence-electron chi connectivity index (χ3n) is 5.10. The standard InChI is InChI=1S/C21H20N2O3/c1-13(12-24)23-11-17-19(15-6-4-3-5-7-15)18-10-16(14(2)25)8-9-22(18)20(17)21(23)26/h3-10,13,24H,11-12H2,1-2H3. The average molecular weight is 348 g/mol. The molecule has 0 radical (unpaired) electrons. The van der Waals surface area contributed by atoms with E-state index in [1.165, 1.54) is 0 Å². The monoisotopic (exact) mass is 348 g/mol. The number of Topliss-reactive ketones (excluding diaryl/α,β-unsaturated/α-hetero) is 1. The van der Waals surface area contributed by atoms with Crippen LogP contribution in [-0.2, 0) is 6.54 Å². The number of amides is 1. The lowest BCUT2D eigenvalue weighted by Gasteiger charge is -2.23. The number of carbonyl (C=O) groups excluding carboxylic acids is 2. The molecule has 26 heavy (non-hydrogen) atoms. The molecule has 1 unspecified atom stereocenters. The van der Waals surface area contributed by atoms with Crippen LogP contribution < -0.4 is 0 Å². The van der Waals surface area contributed by atoms with E-state index in [4.69, 9.17) is 0 Å². The second-order valence-electron chi connectivity index (χ2n) is 6.76. The molecule has 0 saturated carbocycles. The number of hydrogen-bond acceptors (Lipinski definition) is 3. The van der Waals surface area contributed by atoms with Crippen LogP contribution in [0.4, 0.5) is 0 Å². The molecule has 1 amide bonds. The number of carbonyl (C=O) groups is 2. The maximum atomic E-state index is 13.0. The van der Waals surface area contributed by atoms with Crippen molar-refractivity contribution in [2.45, 2.75) is 26.4 Å². The zero-order chi connectivity index (χ0) is 18.4. The molecule has 0 fully saturated rings. The molecular formula is C21H20N2O3. The highest BCUT2D eigenvalue weighted by Gasteiger charge is 2.36. The molecule has 1 N–H and O–H groups in total. The van der Waals surface area contributed by atoms with Gasteiger partial charge in [0.25, 0.3) is 5.91 Å². The van der Waals surface area contributed by atoms with E-state index in [2.05, 4.69) is 0 Å². The van der Waals surface area contributed by atoms with Crippen LogP contribution >= 0.6 is 0 Å². The number of aromatic nitrogens is 1. The summed E-state index contributed by atoms with van der Waals surface area (Å²) in [6, 6.07) is 13.3. The van der Waals surface area contributed by atoms with Crippen LogP contribution in [0.1, 0.15) is 40.3 Å².